The number of amides is 1. The summed E-state index contributed by atoms with van der Waals surface area (Å²) in [4.78, 5) is 24.8. The van der Waals surface area contributed by atoms with Gasteiger partial charge in [0.15, 0.2) is 0 Å². The molecule has 1 amide bonds. The largest absolute Gasteiger partial charge is 0.495 e. The van der Waals surface area contributed by atoms with Crippen LogP contribution in [-0.2, 0) is 4.79 Å². The van der Waals surface area contributed by atoms with Gasteiger partial charge in [0.05, 0.1) is 18.2 Å². The number of carbonyl (C=O) groups excluding carboxylic acids is 1. The Labute approximate surface area is 155 Å². The van der Waals surface area contributed by atoms with Gasteiger partial charge in [0.2, 0.25) is 5.91 Å². The summed E-state index contributed by atoms with van der Waals surface area (Å²) in [6, 6.07) is 7.29. The lowest BCUT2D eigenvalue weighted by molar-refractivity contribution is -0.117. The summed E-state index contributed by atoms with van der Waals surface area (Å²) < 4.78 is 5.40. The number of ether oxygens (including phenoxy) is 1. The molecule has 1 fully saturated rings. The third-order valence-corrected chi connectivity index (χ3v) is 5.61. The molecule has 6 nitrogen and oxygen atoms in total. The number of nitrogens with zero attached hydrogens (tertiary/aromatic N) is 3. The molecule has 3 aromatic rings. The van der Waals surface area contributed by atoms with Gasteiger partial charge in [-0.1, -0.05) is 12.1 Å². The third-order valence-electron chi connectivity index (χ3n) is 4.62. The van der Waals surface area contributed by atoms with Gasteiger partial charge < -0.3 is 15.0 Å². The summed E-state index contributed by atoms with van der Waals surface area (Å²) in [5.41, 5.74) is 1.93. The lowest BCUT2D eigenvalue weighted by atomic mass is 10.2. The van der Waals surface area contributed by atoms with Crippen molar-refractivity contribution in [3.8, 4) is 5.75 Å². The van der Waals surface area contributed by atoms with Crippen LogP contribution in [0, 0.1) is 13.8 Å². The lowest BCUT2D eigenvalue weighted by Crippen LogP contribution is -2.34. The van der Waals surface area contributed by atoms with Crippen molar-refractivity contribution in [2.45, 2.75) is 26.3 Å². The highest BCUT2D eigenvalue weighted by Gasteiger charge is 2.34. The highest BCUT2D eigenvalue weighted by molar-refractivity contribution is 7.17. The second-order valence-electron chi connectivity index (χ2n) is 6.37. The minimum atomic E-state index is -0.309. The van der Waals surface area contributed by atoms with Crippen molar-refractivity contribution < 1.29 is 9.53 Å². The zero-order valence-corrected chi connectivity index (χ0v) is 15.8. The van der Waals surface area contributed by atoms with Gasteiger partial charge in [-0.3, -0.25) is 4.79 Å². The van der Waals surface area contributed by atoms with E-state index in [4.69, 9.17) is 4.74 Å². The molecule has 1 aliphatic rings. The van der Waals surface area contributed by atoms with Gasteiger partial charge in [0.1, 0.15) is 28.3 Å². The monoisotopic (exact) mass is 368 g/mol. The molecule has 7 heteroatoms. The number of benzene rings is 1. The Morgan fingerprint density at radius 2 is 2.08 bits per heavy atom. The predicted molar refractivity (Wildman–Crippen MR) is 104 cm³/mol. The molecule has 1 N–H and O–H groups in total. The number of fused-ring (bicyclic) bond motifs is 1. The maximum Gasteiger partial charge on any atom is 0.249 e. The zero-order chi connectivity index (χ0) is 18.3. The number of hydrogen-bond donors (Lipinski definition) is 1. The van der Waals surface area contributed by atoms with Crippen LogP contribution < -0.4 is 15.0 Å². The second kappa shape index (κ2) is 6.57. The Hall–Kier alpha value is -2.67. The Kier molecular flexibility index (Phi) is 4.24. The predicted octanol–water partition coefficient (Wildman–Crippen LogP) is 3.53. The molecule has 26 heavy (non-hydrogen) atoms. The first-order valence-corrected chi connectivity index (χ1v) is 9.40. The quantitative estimate of drug-likeness (QED) is 0.763. The molecule has 0 spiro atoms. The Balaban J connectivity index is 1.63. The van der Waals surface area contributed by atoms with Gasteiger partial charge in [0, 0.05) is 6.54 Å². The molecule has 1 saturated heterocycles. The van der Waals surface area contributed by atoms with E-state index in [2.05, 4.69) is 20.7 Å². The highest BCUT2D eigenvalue weighted by Crippen LogP contribution is 2.34. The zero-order valence-electron chi connectivity index (χ0n) is 14.9. The van der Waals surface area contributed by atoms with E-state index in [1.807, 2.05) is 38.1 Å². The first kappa shape index (κ1) is 16.8. The van der Waals surface area contributed by atoms with Crippen molar-refractivity contribution in [2.75, 3.05) is 23.9 Å². The van der Waals surface area contributed by atoms with Gasteiger partial charge >= 0.3 is 0 Å². The number of thiophene rings is 1. The standard InChI is InChI=1S/C19H20N4O2S/c1-11-10-26-18-16(11)17(20-12(2)21-18)22-13-8-9-23(19(13)24)14-6-4-5-7-15(14)25-3/h4-7,10,13H,8-9H2,1-3H3,(H,20,21,22). The summed E-state index contributed by atoms with van der Waals surface area (Å²) in [6.07, 6.45) is 0.713. The molecule has 0 saturated carbocycles. The summed E-state index contributed by atoms with van der Waals surface area (Å²) in [5.74, 6) is 2.18. The molecule has 0 radical (unpaired) electrons. The molecule has 2 aromatic heterocycles. The lowest BCUT2D eigenvalue weighted by Gasteiger charge is -2.20. The molecule has 1 unspecified atom stereocenters. The minimum absolute atomic E-state index is 0.0341. The average molecular weight is 368 g/mol. The molecule has 0 aliphatic carbocycles. The Morgan fingerprint density at radius 1 is 1.27 bits per heavy atom. The first-order chi connectivity index (χ1) is 12.6. The molecular weight excluding hydrogens is 348 g/mol. The number of rotatable bonds is 4. The van der Waals surface area contributed by atoms with Gasteiger partial charge in [-0.25, -0.2) is 9.97 Å². The SMILES string of the molecule is COc1ccccc1N1CCC(Nc2nc(C)nc3scc(C)c23)C1=O. The fourth-order valence-electron chi connectivity index (χ4n) is 3.37. The Bertz CT molecular complexity index is 985. The van der Waals surface area contributed by atoms with E-state index in [0.29, 0.717) is 24.5 Å². The summed E-state index contributed by atoms with van der Waals surface area (Å²) in [5, 5.41) is 6.44. The smallest absolute Gasteiger partial charge is 0.249 e. The van der Waals surface area contributed by atoms with E-state index in [0.717, 1.165) is 27.3 Å². The molecule has 0 bridgehead atoms. The van der Waals surface area contributed by atoms with E-state index in [-0.39, 0.29) is 11.9 Å². The number of para-hydroxylation sites is 2. The van der Waals surface area contributed by atoms with Crippen molar-refractivity contribution >= 4 is 39.0 Å². The van der Waals surface area contributed by atoms with Gasteiger partial charge in [-0.2, -0.15) is 0 Å². The topological polar surface area (TPSA) is 67.3 Å². The number of carbonyl (C=O) groups is 1. The minimum Gasteiger partial charge on any atom is -0.495 e. The van der Waals surface area contributed by atoms with Gasteiger partial charge in [-0.15, -0.1) is 11.3 Å². The second-order valence-corrected chi connectivity index (χ2v) is 7.22. The van der Waals surface area contributed by atoms with Crippen LogP contribution in [0.25, 0.3) is 10.2 Å². The van der Waals surface area contributed by atoms with E-state index in [1.54, 1.807) is 23.3 Å². The summed E-state index contributed by atoms with van der Waals surface area (Å²) >= 11 is 1.60. The fraction of sp³-hybridized carbons (Fsp3) is 0.316. The van der Waals surface area contributed by atoms with Gasteiger partial charge in [-0.05, 0) is 43.3 Å². The van der Waals surface area contributed by atoms with Crippen LogP contribution in [0.2, 0.25) is 0 Å². The fourth-order valence-corrected chi connectivity index (χ4v) is 4.33. The number of aryl methyl sites for hydroxylation is 2. The summed E-state index contributed by atoms with van der Waals surface area (Å²) in [6.45, 7) is 4.56. The van der Waals surface area contributed by atoms with E-state index < -0.39 is 0 Å². The van der Waals surface area contributed by atoms with Crippen molar-refractivity contribution in [3.63, 3.8) is 0 Å². The molecule has 134 valence electrons. The molecular formula is C19H20N4O2S. The molecule has 1 aromatic carbocycles. The van der Waals surface area contributed by atoms with Gasteiger partial charge in [0.25, 0.3) is 0 Å². The number of hydrogen-bond acceptors (Lipinski definition) is 6. The van der Waals surface area contributed by atoms with Crippen molar-refractivity contribution in [1.29, 1.82) is 0 Å². The number of anilines is 2. The van der Waals surface area contributed by atoms with Crippen LogP contribution >= 0.6 is 11.3 Å². The maximum absolute atomic E-state index is 13.0. The van der Waals surface area contributed by atoms with Crippen LogP contribution in [0.1, 0.15) is 17.8 Å². The van der Waals surface area contributed by atoms with E-state index in [1.165, 1.54) is 0 Å². The number of methoxy groups -OCH3 is 1. The van der Waals surface area contributed by atoms with E-state index >= 15 is 0 Å². The van der Waals surface area contributed by atoms with Crippen LogP contribution in [-0.4, -0.2) is 35.6 Å². The van der Waals surface area contributed by atoms with Crippen LogP contribution in [0.15, 0.2) is 29.6 Å². The van der Waals surface area contributed by atoms with Crippen molar-refractivity contribution in [1.82, 2.24) is 9.97 Å². The first-order valence-electron chi connectivity index (χ1n) is 8.52. The van der Waals surface area contributed by atoms with Crippen molar-refractivity contribution in [2.24, 2.45) is 0 Å². The maximum atomic E-state index is 13.0. The van der Waals surface area contributed by atoms with Crippen LogP contribution in [0.4, 0.5) is 11.5 Å². The number of aromatic nitrogens is 2. The third kappa shape index (κ3) is 2.78. The van der Waals surface area contributed by atoms with E-state index in [9.17, 15) is 4.79 Å². The summed E-state index contributed by atoms with van der Waals surface area (Å²) in [7, 11) is 1.62. The number of nitrogens with one attached hydrogen (secondary N) is 1. The molecule has 1 aliphatic heterocycles. The van der Waals surface area contributed by atoms with Crippen molar-refractivity contribution in [3.05, 3.63) is 41.0 Å². The van der Waals surface area contributed by atoms with Crippen LogP contribution in [0.3, 0.4) is 0 Å². The average Bonchev–Trinajstić information content (AvgIpc) is 3.18. The van der Waals surface area contributed by atoms with Crippen LogP contribution in [0.5, 0.6) is 5.75 Å². The molecule has 3 heterocycles. The normalized spacial score (nSPS) is 17.1. The molecule has 1 atom stereocenters. The Morgan fingerprint density at radius 3 is 2.88 bits per heavy atom. The highest BCUT2D eigenvalue weighted by atomic mass is 32.1. The molecule has 4 rings (SSSR count).